The van der Waals surface area contributed by atoms with Gasteiger partial charge in [-0.2, -0.15) is 0 Å². The minimum atomic E-state index is -0.666. The number of esters is 1. The molecule has 1 aromatic carbocycles. The molecule has 0 unspecified atom stereocenters. The average molecular weight is 318 g/mol. The van der Waals surface area contributed by atoms with Crippen LogP contribution in [0.4, 0.5) is 0 Å². The zero-order valence-corrected chi connectivity index (χ0v) is 13.5. The van der Waals surface area contributed by atoms with Crippen LogP contribution in [0.15, 0.2) is 18.2 Å². The highest BCUT2D eigenvalue weighted by Gasteiger charge is 2.18. The standard InChI is InChI=1S/C17H22N2O4/c1-3-18-16(21)11(2)19-15(20)10-23-17(22)14-8-7-12-5-4-6-13(12)9-14/h7-9,11H,3-6,10H2,1-2H3,(H,18,21)(H,19,20)/t11-/m0/s1. The number of hydrogen-bond acceptors (Lipinski definition) is 4. The number of hydrogen-bond donors (Lipinski definition) is 2. The van der Waals surface area contributed by atoms with Crippen molar-refractivity contribution in [3.05, 3.63) is 34.9 Å². The highest BCUT2D eigenvalue weighted by atomic mass is 16.5. The highest BCUT2D eigenvalue weighted by molar-refractivity contribution is 5.92. The van der Waals surface area contributed by atoms with E-state index in [0.717, 1.165) is 19.3 Å². The van der Waals surface area contributed by atoms with Crippen LogP contribution in [0.25, 0.3) is 0 Å². The molecule has 0 saturated carbocycles. The lowest BCUT2D eigenvalue weighted by Gasteiger charge is -2.13. The molecule has 0 fully saturated rings. The molecule has 0 radical (unpaired) electrons. The van der Waals surface area contributed by atoms with Crippen molar-refractivity contribution in [2.45, 2.75) is 39.2 Å². The van der Waals surface area contributed by atoms with E-state index in [1.807, 2.05) is 12.1 Å². The van der Waals surface area contributed by atoms with E-state index in [9.17, 15) is 14.4 Å². The predicted molar refractivity (Wildman–Crippen MR) is 85.0 cm³/mol. The van der Waals surface area contributed by atoms with Crippen molar-refractivity contribution >= 4 is 17.8 Å². The fourth-order valence-electron chi connectivity index (χ4n) is 2.59. The molecule has 1 atom stereocenters. The molecule has 23 heavy (non-hydrogen) atoms. The highest BCUT2D eigenvalue weighted by Crippen LogP contribution is 2.23. The normalized spacial score (nSPS) is 13.8. The van der Waals surface area contributed by atoms with Gasteiger partial charge < -0.3 is 15.4 Å². The second-order valence-corrected chi connectivity index (χ2v) is 5.60. The zero-order chi connectivity index (χ0) is 16.8. The number of benzene rings is 1. The second-order valence-electron chi connectivity index (χ2n) is 5.60. The van der Waals surface area contributed by atoms with Crippen LogP contribution in [-0.4, -0.2) is 37.0 Å². The number of aryl methyl sites for hydroxylation is 2. The number of fused-ring (bicyclic) bond motifs is 1. The lowest BCUT2D eigenvalue weighted by Crippen LogP contribution is -2.46. The minimum Gasteiger partial charge on any atom is -0.452 e. The lowest BCUT2D eigenvalue weighted by atomic mass is 10.1. The Kier molecular flexibility index (Phi) is 5.73. The molecule has 6 heteroatoms. The summed E-state index contributed by atoms with van der Waals surface area (Å²) in [6.07, 6.45) is 3.12. The summed E-state index contributed by atoms with van der Waals surface area (Å²) in [7, 11) is 0. The van der Waals surface area contributed by atoms with Gasteiger partial charge in [0, 0.05) is 6.54 Å². The topological polar surface area (TPSA) is 84.5 Å². The van der Waals surface area contributed by atoms with Gasteiger partial charge in [0.2, 0.25) is 5.91 Å². The summed E-state index contributed by atoms with van der Waals surface area (Å²) in [4.78, 5) is 35.2. The van der Waals surface area contributed by atoms with E-state index in [0.29, 0.717) is 12.1 Å². The second kappa shape index (κ2) is 7.76. The van der Waals surface area contributed by atoms with E-state index in [2.05, 4.69) is 10.6 Å². The van der Waals surface area contributed by atoms with Crippen LogP contribution >= 0.6 is 0 Å². The van der Waals surface area contributed by atoms with Crippen molar-refractivity contribution in [2.75, 3.05) is 13.2 Å². The van der Waals surface area contributed by atoms with E-state index in [1.54, 1.807) is 19.9 Å². The maximum atomic E-state index is 12.0. The molecule has 2 N–H and O–H groups in total. The zero-order valence-electron chi connectivity index (χ0n) is 13.5. The van der Waals surface area contributed by atoms with Crippen molar-refractivity contribution in [1.82, 2.24) is 10.6 Å². The van der Waals surface area contributed by atoms with Gasteiger partial charge in [0.1, 0.15) is 6.04 Å². The van der Waals surface area contributed by atoms with Crippen molar-refractivity contribution in [2.24, 2.45) is 0 Å². The summed E-state index contributed by atoms with van der Waals surface area (Å²) < 4.78 is 5.01. The largest absolute Gasteiger partial charge is 0.452 e. The Hall–Kier alpha value is -2.37. The van der Waals surface area contributed by atoms with E-state index < -0.39 is 24.5 Å². The van der Waals surface area contributed by atoms with Gasteiger partial charge in [0.15, 0.2) is 6.61 Å². The molecule has 0 bridgehead atoms. The molecule has 0 aromatic heterocycles. The summed E-state index contributed by atoms with van der Waals surface area (Å²) in [5.74, 6) is -1.30. The quantitative estimate of drug-likeness (QED) is 0.766. The summed E-state index contributed by atoms with van der Waals surface area (Å²) in [5.41, 5.74) is 2.90. The summed E-state index contributed by atoms with van der Waals surface area (Å²) >= 11 is 0. The van der Waals surface area contributed by atoms with Gasteiger partial charge in [-0.3, -0.25) is 9.59 Å². The van der Waals surface area contributed by atoms with E-state index in [4.69, 9.17) is 4.74 Å². The van der Waals surface area contributed by atoms with Crippen LogP contribution in [0.1, 0.15) is 41.8 Å². The van der Waals surface area contributed by atoms with Crippen molar-refractivity contribution in [1.29, 1.82) is 0 Å². The fourth-order valence-corrected chi connectivity index (χ4v) is 2.59. The first kappa shape index (κ1) is 17.0. The molecule has 6 nitrogen and oxygen atoms in total. The van der Waals surface area contributed by atoms with Crippen LogP contribution in [0.5, 0.6) is 0 Å². The molecule has 1 aromatic rings. The first-order valence-corrected chi connectivity index (χ1v) is 7.87. The predicted octanol–water partition coefficient (Wildman–Crippen LogP) is 0.973. The first-order chi connectivity index (χ1) is 11.0. The smallest absolute Gasteiger partial charge is 0.338 e. The Morgan fingerprint density at radius 1 is 1.22 bits per heavy atom. The molecular weight excluding hydrogens is 296 g/mol. The Bertz CT molecular complexity index is 613. The van der Waals surface area contributed by atoms with Gasteiger partial charge >= 0.3 is 5.97 Å². The molecule has 2 amide bonds. The Morgan fingerprint density at radius 3 is 2.70 bits per heavy atom. The minimum absolute atomic E-state index is 0.272. The number of carbonyl (C=O) groups is 3. The first-order valence-electron chi connectivity index (χ1n) is 7.87. The molecule has 0 spiro atoms. The van der Waals surface area contributed by atoms with E-state index >= 15 is 0 Å². The molecule has 2 rings (SSSR count). The van der Waals surface area contributed by atoms with Crippen LogP contribution in [0.2, 0.25) is 0 Å². The van der Waals surface area contributed by atoms with E-state index in [-0.39, 0.29) is 5.91 Å². The Labute approximate surface area is 135 Å². The van der Waals surface area contributed by atoms with Crippen molar-refractivity contribution < 1.29 is 19.1 Å². The fraction of sp³-hybridized carbons (Fsp3) is 0.471. The maximum absolute atomic E-state index is 12.0. The van der Waals surface area contributed by atoms with Gasteiger partial charge in [-0.05, 0) is 56.4 Å². The Morgan fingerprint density at radius 2 is 1.96 bits per heavy atom. The van der Waals surface area contributed by atoms with E-state index in [1.165, 1.54) is 11.1 Å². The Balaban J connectivity index is 1.82. The third kappa shape index (κ3) is 4.55. The SMILES string of the molecule is CCNC(=O)[C@H](C)NC(=O)COC(=O)c1ccc2c(c1)CCC2. The van der Waals surface area contributed by atoms with Crippen molar-refractivity contribution in [3.63, 3.8) is 0 Å². The summed E-state index contributed by atoms with van der Waals surface area (Å²) in [6, 6.07) is 4.83. The lowest BCUT2D eigenvalue weighted by molar-refractivity contribution is -0.130. The molecule has 1 aliphatic carbocycles. The van der Waals surface area contributed by atoms with Crippen LogP contribution < -0.4 is 10.6 Å². The van der Waals surface area contributed by atoms with Gasteiger partial charge in [-0.15, -0.1) is 0 Å². The third-order valence-corrected chi connectivity index (χ3v) is 3.79. The van der Waals surface area contributed by atoms with Crippen LogP contribution in [0.3, 0.4) is 0 Å². The number of carbonyl (C=O) groups excluding carboxylic acids is 3. The molecule has 0 aliphatic heterocycles. The monoisotopic (exact) mass is 318 g/mol. The summed E-state index contributed by atoms with van der Waals surface area (Å²) in [6.45, 7) is 3.46. The maximum Gasteiger partial charge on any atom is 0.338 e. The van der Waals surface area contributed by atoms with Gasteiger partial charge in [0.25, 0.3) is 5.91 Å². The van der Waals surface area contributed by atoms with Crippen LogP contribution in [-0.2, 0) is 27.2 Å². The molecular formula is C17H22N2O4. The molecule has 124 valence electrons. The molecule has 0 saturated heterocycles. The van der Waals surface area contributed by atoms with Crippen molar-refractivity contribution in [3.8, 4) is 0 Å². The number of rotatable bonds is 6. The van der Waals surface area contributed by atoms with Gasteiger partial charge in [-0.1, -0.05) is 6.07 Å². The number of likely N-dealkylation sites (N-methyl/N-ethyl adjacent to an activating group) is 1. The average Bonchev–Trinajstić information content (AvgIpc) is 3.00. The number of amides is 2. The van der Waals surface area contributed by atoms with Crippen LogP contribution in [0, 0.1) is 0 Å². The molecule has 0 heterocycles. The number of ether oxygens (including phenoxy) is 1. The summed E-state index contributed by atoms with van der Waals surface area (Å²) in [5, 5.41) is 5.09. The third-order valence-electron chi connectivity index (χ3n) is 3.79. The van der Waals surface area contributed by atoms with Gasteiger partial charge in [0.05, 0.1) is 5.56 Å². The number of nitrogens with one attached hydrogen (secondary N) is 2. The van der Waals surface area contributed by atoms with Gasteiger partial charge in [-0.25, -0.2) is 4.79 Å². The molecule has 1 aliphatic rings.